The van der Waals surface area contributed by atoms with E-state index in [9.17, 15) is 5.11 Å². The largest absolute Gasteiger partial charge is 0.493 e. The number of aliphatic hydroxyl groups excluding tert-OH is 1. The third-order valence-corrected chi connectivity index (χ3v) is 5.50. The third-order valence-electron chi connectivity index (χ3n) is 5.25. The van der Waals surface area contributed by atoms with Gasteiger partial charge in [-0.25, -0.2) is 4.68 Å². The average Bonchev–Trinajstić information content (AvgIpc) is 3.24. The minimum absolute atomic E-state index is 0.0852. The molecule has 0 fully saturated rings. The fraction of sp³-hybridized carbons (Fsp3) is 0.304. The molecule has 32 heavy (non-hydrogen) atoms. The highest BCUT2D eigenvalue weighted by Gasteiger charge is 2.27. The summed E-state index contributed by atoms with van der Waals surface area (Å²) in [6, 6.07) is 11.1. The topological polar surface area (TPSA) is 90.7 Å². The molecule has 4 rings (SSSR count). The van der Waals surface area contributed by atoms with Crippen molar-refractivity contribution in [2.24, 2.45) is 0 Å². The summed E-state index contributed by atoms with van der Waals surface area (Å²) in [5, 5.41) is 17.9. The van der Waals surface area contributed by atoms with E-state index >= 15 is 0 Å². The average molecular weight is 457 g/mol. The quantitative estimate of drug-likeness (QED) is 0.530. The number of halogens is 1. The molecule has 8 nitrogen and oxygen atoms in total. The van der Waals surface area contributed by atoms with Crippen molar-refractivity contribution in [3.8, 4) is 17.2 Å². The smallest absolute Gasteiger partial charge is 0.226 e. The van der Waals surface area contributed by atoms with Gasteiger partial charge in [0, 0.05) is 23.7 Å². The highest BCUT2D eigenvalue weighted by molar-refractivity contribution is 6.30. The zero-order chi connectivity index (χ0) is 22.7. The maximum atomic E-state index is 9.20. The van der Waals surface area contributed by atoms with Crippen LogP contribution in [0.25, 0.3) is 5.70 Å². The molecule has 2 aromatic carbocycles. The molecule has 0 saturated heterocycles. The lowest BCUT2D eigenvalue weighted by Gasteiger charge is -2.25. The Morgan fingerprint density at radius 2 is 1.75 bits per heavy atom. The summed E-state index contributed by atoms with van der Waals surface area (Å²) < 4.78 is 18.4. The Kier molecular flexibility index (Phi) is 6.53. The summed E-state index contributed by atoms with van der Waals surface area (Å²) in [7, 11) is 4.75. The summed E-state index contributed by atoms with van der Waals surface area (Å²) in [4.78, 5) is 4.65. The number of fused-ring (bicyclic) bond motifs is 1. The van der Waals surface area contributed by atoms with Crippen molar-refractivity contribution < 1.29 is 19.3 Å². The van der Waals surface area contributed by atoms with Crippen LogP contribution in [0, 0.1) is 0 Å². The molecule has 0 saturated carbocycles. The molecule has 1 aliphatic rings. The number of nitrogens with one attached hydrogen (secondary N) is 1. The predicted octanol–water partition coefficient (Wildman–Crippen LogP) is 3.94. The second-order valence-electron chi connectivity index (χ2n) is 7.24. The zero-order valence-electron chi connectivity index (χ0n) is 18.1. The van der Waals surface area contributed by atoms with Crippen molar-refractivity contribution in [2.75, 3.05) is 33.3 Å². The van der Waals surface area contributed by atoms with E-state index in [1.165, 1.54) is 0 Å². The van der Waals surface area contributed by atoms with Gasteiger partial charge in [0.05, 0.1) is 21.3 Å². The van der Waals surface area contributed by atoms with Crippen LogP contribution in [-0.2, 0) is 6.42 Å². The Morgan fingerprint density at radius 3 is 2.34 bits per heavy atom. The predicted molar refractivity (Wildman–Crippen MR) is 123 cm³/mol. The van der Waals surface area contributed by atoms with E-state index in [0.717, 1.165) is 16.8 Å². The number of allylic oxidation sites excluding steroid dienone is 1. The Hall–Kier alpha value is -3.23. The monoisotopic (exact) mass is 456 g/mol. The number of nitrogens with zero attached hydrogens (tertiary/aromatic N) is 3. The van der Waals surface area contributed by atoms with E-state index in [1.54, 1.807) is 21.3 Å². The van der Waals surface area contributed by atoms with Gasteiger partial charge in [0.2, 0.25) is 11.7 Å². The summed E-state index contributed by atoms with van der Waals surface area (Å²) in [5.41, 5.74) is 2.75. The van der Waals surface area contributed by atoms with Gasteiger partial charge in [-0.2, -0.15) is 10.1 Å². The first-order valence-electron chi connectivity index (χ1n) is 10.2. The maximum absolute atomic E-state index is 9.20. The number of rotatable bonds is 8. The maximum Gasteiger partial charge on any atom is 0.226 e. The van der Waals surface area contributed by atoms with Gasteiger partial charge in [-0.15, -0.1) is 0 Å². The van der Waals surface area contributed by atoms with Gasteiger partial charge in [-0.1, -0.05) is 23.7 Å². The van der Waals surface area contributed by atoms with Crippen molar-refractivity contribution in [3.05, 3.63) is 64.4 Å². The van der Waals surface area contributed by atoms with Gasteiger partial charge in [0.15, 0.2) is 17.3 Å². The number of hydrogen-bond donors (Lipinski definition) is 2. The molecule has 0 amide bonds. The second kappa shape index (κ2) is 9.50. The van der Waals surface area contributed by atoms with Gasteiger partial charge < -0.3 is 24.6 Å². The number of anilines is 1. The molecule has 3 aromatic rings. The number of aromatic nitrogens is 3. The molecule has 0 bridgehead atoms. The number of benzene rings is 2. The number of aliphatic hydroxyl groups is 1. The van der Waals surface area contributed by atoms with Crippen LogP contribution in [0.3, 0.4) is 0 Å². The van der Waals surface area contributed by atoms with Gasteiger partial charge in [0.25, 0.3) is 0 Å². The zero-order valence-corrected chi connectivity index (χ0v) is 18.9. The number of aryl methyl sites for hydroxylation is 1. The molecule has 2 heterocycles. The molecule has 1 aliphatic heterocycles. The second-order valence-corrected chi connectivity index (χ2v) is 7.68. The highest BCUT2D eigenvalue weighted by Crippen LogP contribution is 2.42. The fourth-order valence-electron chi connectivity index (χ4n) is 3.69. The molecular weight excluding hydrogens is 432 g/mol. The van der Waals surface area contributed by atoms with E-state index in [0.29, 0.717) is 46.9 Å². The van der Waals surface area contributed by atoms with E-state index < -0.39 is 0 Å². The first-order chi connectivity index (χ1) is 15.6. The van der Waals surface area contributed by atoms with Gasteiger partial charge in [-0.05, 0) is 47.9 Å². The van der Waals surface area contributed by atoms with Crippen LogP contribution >= 0.6 is 11.6 Å². The van der Waals surface area contributed by atoms with E-state index in [-0.39, 0.29) is 12.6 Å². The van der Waals surface area contributed by atoms with Crippen molar-refractivity contribution >= 4 is 23.2 Å². The van der Waals surface area contributed by atoms with Gasteiger partial charge in [-0.3, -0.25) is 0 Å². The summed E-state index contributed by atoms with van der Waals surface area (Å²) >= 11 is 6.08. The fourth-order valence-corrected chi connectivity index (χ4v) is 3.81. The number of methoxy groups -OCH3 is 3. The van der Waals surface area contributed by atoms with Crippen LogP contribution in [0.15, 0.2) is 42.5 Å². The third kappa shape index (κ3) is 4.24. The van der Waals surface area contributed by atoms with Crippen LogP contribution in [0.4, 0.5) is 5.95 Å². The van der Waals surface area contributed by atoms with Crippen LogP contribution in [0.5, 0.6) is 17.2 Å². The van der Waals surface area contributed by atoms with Crippen molar-refractivity contribution in [3.63, 3.8) is 0 Å². The normalized spacial score (nSPS) is 14.9. The van der Waals surface area contributed by atoms with Crippen molar-refractivity contribution in [1.82, 2.24) is 14.8 Å². The van der Waals surface area contributed by atoms with E-state index in [2.05, 4.69) is 16.4 Å². The Labute approximate surface area is 191 Å². The lowest BCUT2D eigenvalue weighted by atomic mass is 10.0. The molecule has 2 N–H and O–H groups in total. The molecule has 1 unspecified atom stereocenters. The minimum atomic E-state index is -0.277. The van der Waals surface area contributed by atoms with Crippen molar-refractivity contribution in [1.29, 1.82) is 0 Å². The Balaban J connectivity index is 1.84. The van der Waals surface area contributed by atoms with Crippen molar-refractivity contribution in [2.45, 2.75) is 18.9 Å². The van der Waals surface area contributed by atoms with Crippen LogP contribution < -0.4 is 19.5 Å². The summed E-state index contributed by atoms with van der Waals surface area (Å²) in [6.07, 6.45) is 3.24. The molecule has 0 radical (unpaired) electrons. The lowest BCUT2D eigenvalue weighted by Crippen LogP contribution is -2.20. The minimum Gasteiger partial charge on any atom is -0.493 e. The molecule has 0 aliphatic carbocycles. The van der Waals surface area contributed by atoms with Crippen LogP contribution in [0.1, 0.15) is 29.4 Å². The standard InChI is InChI=1S/C23H25ClN4O4/c1-30-19-11-15(12-20(31-2)22(19)32-3)18-13-17(14-6-8-16(24)9-7-14)25-23-26-21(5-4-10-29)27-28(18)23/h6-9,11-13,18,29H,4-5,10H2,1-3H3,(H,25,26,27). The van der Waals surface area contributed by atoms with E-state index in [1.807, 2.05) is 41.1 Å². The van der Waals surface area contributed by atoms with Gasteiger partial charge in [0.1, 0.15) is 6.04 Å². The molecule has 0 spiro atoms. The Morgan fingerprint density at radius 1 is 1.06 bits per heavy atom. The summed E-state index contributed by atoms with van der Waals surface area (Å²) in [6.45, 7) is 0.0852. The SMILES string of the molecule is COc1cc(C2C=C(c3ccc(Cl)cc3)Nc3nc(CCCO)nn32)cc(OC)c1OC. The number of hydrogen-bond acceptors (Lipinski definition) is 7. The molecule has 1 aromatic heterocycles. The molecule has 9 heteroatoms. The molecule has 1 atom stereocenters. The van der Waals surface area contributed by atoms with E-state index in [4.69, 9.17) is 30.9 Å². The lowest BCUT2D eigenvalue weighted by molar-refractivity contribution is 0.287. The first-order valence-corrected chi connectivity index (χ1v) is 10.6. The molecule has 168 valence electrons. The first kappa shape index (κ1) is 22.0. The van der Waals surface area contributed by atoms with Crippen LogP contribution in [-0.4, -0.2) is 47.8 Å². The number of ether oxygens (including phenoxy) is 3. The summed E-state index contributed by atoms with van der Waals surface area (Å²) in [5.74, 6) is 2.92. The van der Waals surface area contributed by atoms with Gasteiger partial charge >= 0.3 is 0 Å². The van der Waals surface area contributed by atoms with Crippen LogP contribution in [0.2, 0.25) is 5.02 Å². The molecular formula is C23H25ClN4O4. The highest BCUT2D eigenvalue weighted by atomic mass is 35.5. The Bertz CT molecular complexity index is 1100.